The Labute approximate surface area is 107 Å². The number of hydrogen-bond acceptors (Lipinski definition) is 2. The largest absolute Gasteiger partial charge is 0.332 e. The number of rotatable bonds is 5. The zero-order valence-electron chi connectivity index (χ0n) is 10.8. The molecule has 1 atom stereocenters. The highest BCUT2D eigenvalue weighted by Gasteiger charge is 2.35. The van der Waals surface area contributed by atoms with Gasteiger partial charge in [-0.25, -0.2) is 0 Å². The number of hydrogen-bond donors (Lipinski definition) is 2. The smallest absolute Gasteiger partial charge is 0.324 e. The van der Waals surface area contributed by atoms with Gasteiger partial charge in [-0.3, -0.25) is 9.36 Å². The van der Waals surface area contributed by atoms with E-state index in [1.807, 2.05) is 44.2 Å². The molecule has 0 fully saturated rings. The molecule has 0 spiro atoms. The lowest BCUT2D eigenvalue weighted by Crippen LogP contribution is -2.34. The fourth-order valence-corrected chi connectivity index (χ4v) is 2.54. The standard InChI is InChI=1S/C13H19O4P/c1-10(12(14)9-18(15,16)17)13(2,3)11-7-5-4-6-8-11/h4-8,10H,9H2,1-3H3,(H2,15,16,17)/t10-/m1/s1. The second-order valence-corrected chi connectivity index (χ2v) is 6.74. The maximum atomic E-state index is 11.9. The molecule has 0 aliphatic heterocycles. The maximum Gasteiger partial charge on any atom is 0.332 e. The molecule has 0 heterocycles. The van der Waals surface area contributed by atoms with E-state index < -0.39 is 30.9 Å². The fourth-order valence-electron chi connectivity index (χ4n) is 1.86. The minimum absolute atomic E-state index is 0.405. The lowest BCUT2D eigenvalue weighted by atomic mass is 9.73. The van der Waals surface area contributed by atoms with Crippen LogP contribution in [0.15, 0.2) is 30.3 Å². The molecular formula is C13H19O4P. The molecule has 2 N–H and O–H groups in total. The van der Waals surface area contributed by atoms with Crippen LogP contribution in [0.5, 0.6) is 0 Å². The van der Waals surface area contributed by atoms with Crippen molar-refractivity contribution in [2.45, 2.75) is 26.2 Å². The Hall–Kier alpha value is -0.960. The van der Waals surface area contributed by atoms with E-state index in [1.54, 1.807) is 6.92 Å². The van der Waals surface area contributed by atoms with Gasteiger partial charge in [-0.05, 0) is 11.0 Å². The minimum atomic E-state index is -4.29. The lowest BCUT2D eigenvalue weighted by molar-refractivity contribution is -0.121. The minimum Gasteiger partial charge on any atom is -0.324 e. The first kappa shape index (κ1) is 15.1. The van der Waals surface area contributed by atoms with Crippen LogP contribution >= 0.6 is 7.60 Å². The molecule has 1 aromatic carbocycles. The topological polar surface area (TPSA) is 74.6 Å². The van der Waals surface area contributed by atoms with Crippen LogP contribution in [0.4, 0.5) is 0 Å². The van der Waals surface area contributed by atoms with E-state index in [2.05, 4.69) is 0 Å². The van der Waals surface area contributed by atoms with Gasteiger partial charge in [0.15, 0.2) is 0 Å². The predicted molar refractivity (Wildman–Crippen MR) is 70.6 cm³/mol. The molecule has 1 aromatic rings. The average molecular weight is 270 g/mol. The van der Waals surface area contributed by atoms with E-state index in [1.165, 1.54) is 0 Å². The molecule has 0 aliphatic rings. The SMILES string of the molecule is C[C@H](C(=O)CP(=O)(O)O)C(C)(C)c1ccccc1. The van der Waals surface area contributed by atoms with Crippen molar-refractivity contribution in [3.8, 4) is 0 Å². The number of ketones is 1. The summed E-state index contributed by atoms with van der Waals surface area (Å²) >= 11 is 0. The van der Waals surface area contributed by atoms with Crippen molar-refractivity contribution in [1.82, 2.24) is 0 Å². The summed E-state index contributed by atoms with van der Waals surface area (Å²) < 4.78 is 10.9. The Morgan fingerprint density at radius 1 is 1.28 bits per heavy atom. The first-order chi connectivity index (χ1) is 8.14. The molecule has 0 amide bonds. The first-order valence-electron chi connectivity index (χ1n) is 5.77. The number of carbonyl (C=O) groups is 1. The number of benzene rings is 1. The third-order valence-corrected chi connectivity index (χ3v) is 4.17. The Morgan fingerprint density at radius 3 is 2.22 bits per heavy atom. The molecule has 0 aliphatic carbocycles. The summed E-state index contributed by atoms with van der Waals surface area (Å²) in [6.07, 6.45) is -0.690. The van der Waals surface area contributed by atoms with Crippen LogP contribution in [0.1, 0.15) is 26.3 Å². The summed E-state index contributed by atoms with van der Waals surface area (Å²) in [5, 5.41) is 0. The molecule has 0 aromatic heterocycles. The number of Topliss-reactive ketones (excluding diaryl/α,β-unsaturated/α-hetero) is 1. The van der Waals surface area contributed by atoms with Crippen LogP contribution in [0.25, 0.3) is 0 Å². The van der Waals surface area contributed by atoms with Crippen molar-refractivity contribution < 1.29 is 19.1 Å². The highest BCUT2D eigenvalue weighted by Crippen LogP contribution is 2.38. The van der Waals surface area contributed by atoms with Crippen molar-refractivity contribution in [2.24, 2.45) is 5.92 Å². The predicted octanol–water partition coefficient (Wildman–Crippen LogP) is 2.35. The van der Waals surface area contributed by atoms with Gasteiger partial charge in [0.25, 0.3) is 0 Å². The summed E-state index contributed by atoms with van der Waals surface area (Å²) in [6, 6.07) is 9.50. The van der Waals surface area contributed by atoms with Crippen LogP contribution in [0.3, 0.4) is 0 Å². The van der Waals surface area contributed by atoms with Gasteiger partial charge in [0, 0.05) is 5.92 Å². The molecule has 18 heavy (non-hydrogen) atoms. The molecule has 4 nitrogen and oxygen atoms in total. The van der Waals surface area contributed by atoms with Crippen LogP contribution in [0.2, 0.25) is 0 Å². The van der Waals surface area contributed by atoms with Gasteiger partial charge >= 0.3 is 7.60 Å². The summed E-state index contributed by atoms with van der Waals surface area (Å²) in [7, 11) is -4.29. The molecule has 0 saturated carbocycles. The quantitative estimate of drug-likeness (QED) is 0.805. The zero-order chi connectivity index (χ0) is 14.0. The number of carbonyl (C=O) groups excluding carboxylic acids is 1. The van der Waals surface area contributed by atoms with Gasteiger partial charge < -0.3 is 9.79 Å². The monoisotopic (exact) mass is 270 g/mol. The summed E-state index contributed by atoms with van der Waals surface area (Å²) in [5.74, 6) is -0.857. The Balaban J connectivity index is 2.92. The van der Waals surface area contributed by atoms with E-state index in [-0.39, 0.29) is 0 Å². The molecule has 100 valence electrons. The lowest BCUT2D eigenvalue weighted by Gasteiger charge is -2.31. The van der Waals surface area contributed by atoms with E-state index in [4.69, 9.17) is 9.79 Å². The third kappa shape index (κ3) is 3.77. The van der Waals surface area contributed by atoms with E-state index in [0.29, 0.717) is 0 Å². The Morgan fingerprint density at radius 2 is 1.78 bits per heavy atom. The van der Waals surface area contributed by atoms with Crippen LogP contribution in [-0.4, -0.2) is 21.7 Å². The first-order valence-corrected chi connectivity index (χ1v) is 7.57. The van der Waals surface area contributed by atoms with Crippen molar-refractivity contribution in [3.05, 3.63) is 35.9 Å². The zero-order valence-corrected chi connectivity index (χ0v) is 11.7. The molecule has 0 unspecified atom stereocenters. The second kappa shape index (κ2) is 5.35. The van der Waals surface area contributed by atoms with Gasteiger partial charge in [0.2, 0.25) is 0 Å². The fraction of sp³-hybridized carbons (Fsp3) is 0.462. The van der Waals surface area contributed by atoms with E-state index >= 15 is 0 Å². The third-order valence-electron chi connectivity index (χ3n) is 3.45. The summed E-state index contributed by atoms with van der Waals surface area (Å²) in [4.78, 5) is 29.6. The molecule has 0 radical (unpaired) electrons. The van der Waals surface area contributed by atoms with Crippen molar-refractivity contribution in [1.29, 1.82) is 0 Å². The highest BCUT2D eigenvalue weighted by molar-refractivity contribution is 7.52. The van der Waals surface area contributed by atoms with Crippen LogP contribution < -0.4 is 0 Å². The van der Waals surface area contributed by atoms with Gasteiger partial charge in [-0.2, -0.15) is 0 Å². The van der Waals surface area contributed by atoms with Crippen LogP contribution in [0, 0.1) is 5.92 Å². The molecular weight excluding hydrogens is 251 g/mol. The molecule has 5 heteroatoms. The van der Waals surface area contributed by atoms with Gasteiger partial charge in [0.05, 0.1) is 0 Å². The van der Waals surface area contributed by atoms with Gasteiger partial charge in [-0.15, -0.1) is 0 Å². The van der Waals surface area contributed by atoms with Crippen LogP contribution in [-0.2, 0) is 14.8 Å². The molecule has 0 saturated heterocycles. The Kier molecular flexibility index (Phi) is 4.49. The van der Waals surface area contributed by atoms with E-state index in [0.717, 1.165) is 5.56 Å². The van der Waals surface area contributed by atoms with Crippen molar-refractivity contribution >= 4 is 13.4 Å². The van der Waals surface area contributed by atoms with Gasteiger partial charge in [0.1, 0.15) is 11.9 Å². The second-order valence-electron chi connectivity index (χ2n) is 5.10. The van der Waals surface area contributed by atoms with Gasteiger partial charge in [-0.1, -0.05) is 51.1 Å². The Bertz CT molecular complexity index is 461. The molecule has 0 bridgehead atoms. The maximum absolute atomic E-state index is 11.9. The van der Waals surface area contributed by atoms with E-state index in [9.17, 15) is 9.36 Å². The van der Waals surface area contributed by atoms with Crippen molar-refractivity contribution in [2.75, 3.05) is 6.16 Å². The summed E-state index contributed by atoms with van der Waals surface area (Å²) in [6.45, 7) is 5.53. The normalized spacial score (nSPS) is 14.3. The van der Waals surface area contributed by atoms with Crippen molar-refractivity contribution in [3.63, 3.8) is 0 Å². The average Bonchev–Trinajstić information content (AvgIpc) is 2.27. The molecule has 1 rings (SSSR count). The highest BCUT2D eigenvalue weighted by atomic mass is 31.2. The summed E-state index contributed by atoms with van der Waals surface area (Å²) in [5.41, 5.74) is 0.532.